The lowest BCUT2D eigenvalue weighted by Gasteiger charge is -1.98. The fourth-order valence-electron chi connectivity index (χ4n) is 1.72. The van der Waals surface area contributed by atoms with E-state index in [1.54, 1.807) is 0 Å². The maximum absolute atomic E-state index is 10.4. The van der Waals surface area contributed by atoms with Gasteiger partial charge in [-0.1, -0.05) is 18.7 Å². The summed E-state index contributed by atoms with van der Waals surface area (Å²) in [7, 11) is 0. The van der Waals surface area contributed by atoms with Crippen LogP contribution in [0.2, 0.25) is 0 Å². The number of carbonyl (C=O) groups is 1. The third kappa shape index (κ3) is 3.38. The normalized spacial score (nSPS) is 10.9. The molecule has 2 heterocycles. The van der Waals surface area contributed by atoms with Gasteiger partial charge in [-0.15, -0.1) is 10.2 Å². The zero-order chi connectivity index (χ0) is 14.5. The summed E-state index contributed by atoms with van der Waals surface area (Å²) in [6.07, 6.45) is 0.946. The molecule has 0 aromatic carbocycles. The fourth-order valence-corrected chi connectivity index (χ4v) is 2.40. The number of nitrogens with zero attached hydrogens (tertiary/aromatic N) is 4. The second kappa shape index (κ2) is 6.56. The number of hydrogen-bond acceptors (Lipinski definition) is 6. The van der Waals surface area contributed by atoms with Gasteiger partial charge in [0.25, 0.3) is 11.1 Å². The van der Waals surface area contributed by atoms with Crippen molar-refractivity contribution in [1.29, 1.82) is 0 Å². The largest absolute Gasteiger partial charge is 0.481 e. The highest BCUT2D eigenvalue weighted by molar-refractivity contribution is 7.99. The molecule has 0 unspecified atom stereocenters. The van der Waals surface area contributed by atoms with Crippen LogP contribution in [0.5, 0.6) is 0 Å². The summed E-state index contributed by atoms with van der Waals surface area (Å²) in [5.74, 6) is -0.0724. The third-order valence-corrected chi connectivity index (χ3v) is 3.51. The molecule has 0 atom stereocenters. The summed E-state index contributed by atoms with van der Waals surface area (Å²) in [5.41, 5.74) is 1.77. The number of hydrogen-bond donors (Lipinski definition) is 1. The first-order chi connectivity index (χ1) is 9.63. The van der Waals surface area contributed by atoms with Crippen LogP contribution in [0.15, 0.2) is 15.7 Å². The Morgan fingerprint density at radius 1 is 1.45 bits per heavy atom. The molecule has 108 valence electrons. The maximum Gasteiger partial charge on any atom is 0.304 e. The van der Waals surface area contributed by atoms with E-state index in [0.29, 0.717) is 22.6 Å². The standard InChI is InChI=1S/C12H16N4O3S/c1-3-8-7-9(15-16(8)4-2)11-13-14-12(19-11)20-6-5-10(17)18/h7H,3-6H2,1-2H3,(H,17,18). The van der Waals surface area contributed by atoms with E-state index in [4.69, 9.17) is 9.52 Å². The first kappa shape index (κ1) is 14.6. The second-order valence-electron chi connectivity index (χ2n) is 4.06. The Hall–Kier alpha value is -1.83. The molecule has 0 amide bonds. The average molecular weight is 296 g/mol. The van der Waals surface area contributed by atoms with Crippen molar-refractivity contribution < 1.29 is 14.3 Å². The molecular formula is C12H16N4O3S. The van der Waals surface area contributed by atoms with Gasteiger partial charge in [-0.2, -0.15) is 5.10 Å². The van der Waals surface area contributed by atoms with E-state index in [1.165, 1.54) is 11.8 Å². The lowest BCUT2D eigenvalue weighted by molar-refractivity contribution is -0.136. The van der Waals surface area contributed by atoms with Gasteiger partial charge in [0.2, 0.25) is 0 Å². The van der Waals surface area contributed by atoms with Crippen molar-refractivity contribution in [2.75, 3.05) is 5.75 Å². The van der Waals surface area contributed by atoms with Crippen LogP contribution in [0.4, 0.5) is 0 Å². The highest BCUT2D eigenvalue weighted by Crippen LogP contribution is 2.23. The Morgan fingerprint density at radius 3 is 2.85 bits per heavy atom. The van der Waals surface area contributed by atoms with Crippen LogP contribution in [0.3, 0.4) is 0 Å². The molecule has 1 N–H and O–H groups in total. The second-order valence-corrected chi connectivity index (χ2v) is 5.10. The van der Waals surface area contributed by atoms with Crippen LogP contribution in [-0.2, 0) is 17.8 Å². The highest BCUT2D eigenvalue weighted by Gasteiger charge is 2.14. The summed E-state index contributed by atoms with van der Waals surface area (Å²) in [6, 6.07) is 1.93. The quantitative estimate of drug-likeness (QED) is 0.782. The summed E-state index contributed by atoms with van der Waals surface area (Å²) >= 11 is 1.23. The van der Waals surface area contributed by atoms with Gasteiger partial charge in [-0.05, 0) is 19.4 Å². The Labute approximate surface area is 120 Å². The van der Waals surface area contributed by atoms with Gasteiger partial charge >= 0.3 is 5.97 Å². The van der Waals surface area contributed by atoms with Crippen LogP contribution >= 0.6 is 11.8 Å². The zero-order valence-electron chi connectivity index (χ0n) is 11.4. The van der Waals surface area contributed by atoms with E-state index < -0.39 is 5.97 Å². The van der Waals surface area contributed by atoms with E-state index in [2.05, 4.69) is 22.2 Å². The zero-order valence-corrected chi connectivity index (χ0v) is 12.2. The lowest BCUT2D eigenvalue weighted by atomic mass is 10.3. The van der Waals surface area contributed by atoms with E-state index in [9.17, 15) is 4.79 Å². The molecule has 0 spiro atoms. The van der Waals surface area contributed by atoms with E-state index in [0.717, 1.165) is 18.7 Å². The van der Waals surface area contributed by atoms with Gasteiger partial charge in [0.15, 0.2) is 0 Å². The molecule has 20 heavy (non-hydrogen) atoms. The fraction of sp³-hybridized carbons (Fsp3) is 0.500. The number of thioether (sulfide) groups is 1. The summed E-state index contributed by atoms with van der Waals surface area (Å²) in [4.78, 5) is 10.4. The summed E-state index contributed by atoms with van der Waals surface area (Å²) in [5, 5.41) is 21.2. The molecule has 2 aromatic rings. The van der Waals surface area contributed by atoms with Crippen LogP contribution in [0.1, 0.15) is 26.0 Å². The molecule has 2 aromatic heterocycles. The molecule has 2 rings (SSSR count). The molecular weight excluding hydrogens is 280 g/mol. The molecule has 8 heteroatoms. The summed E-state index contributed by atoms with van der Waals surface area (Å²) < 4.78 is 7.38. The Balaban J connectivity index is 2.08. The van der Waals surface area contributed by atoms with Crippen molar-refractivity contribution in [3.05, 3.63) is 11.8 Å². The summed E-state index contributed by atoms with van der Waals surface area (Å²) in [6.45, 7) is 4.88. The average Bonchev–Trinajstić information content (AvgIpc) is 3.03. The molecule has 0 bridgehead atoms. The number of aryl methyl sites for hydroxylation is 2. The predicted molar refractivity (Wildman–Crippen MR) is 73.5 cm³/mol. The number of carboxylic acids is 1. The molecule has 0 aliphatic rings. The van der Waals surface area contributed by atoms with Gasteiger partial charge in [-0.3, -0.25) is 9.48 Å². The van der Waals surface area contributed by atoms with Gasteiger partial charge in [-0.25, -0.2) is 0 Å². The molecule has 0 radical (unpaired) electrons. The smallest absolute Gasteiger partial charge is 0.304 e. The van der Waals surface area contributed by atoms with Crippen molar-refractivity contribution in [3.8, 4) is 11.6 Å². The number of rotatable bonds is 7. The third-order valence-electron chi connectivity index (χ3n) is 2.69. The van der Waals surface area contributed by atoms with Crippen LogP contribution in [0, 0.1) is 0 Å². The Kier molecular flexibility index (Phi) is 4.78. The SMILES string of the molecule is CCc1cc(-c2nnc(SCCC(=O)O)o2)nn1CC. The van der Waals surface area contributed by atoms with Crippen molar-refractivity contribution >= 4 is 17.7 Å². The van der Waals surface area contributed by atoms with E-state index in [-0.39, 0.29) is 6.42 Å². The number of aromatic nitrogens is 4. The minimum absolute atomic E-state index is 0.0623. The van der Waals surface area contributed by atoms with Gasteiger partial charge in [0.1, 0.15) is 5.69 Å². The highest BCUT2D eigenvalue weighted by atomic mass is 32.2. The minimum Gasteiger partial charge on any atom is -0.481 e. The van der Waals surface area contributed by atoms with Crippen molar-refractivity contribution in [1.82, 2.24) is 20.0 Å². The van der Waals surface area contributed by atoms with Gasteiger partial charge in [0, 0.05) is 18.0 Å². The molecule has 7 nitrogen and oxygen atoms in total. The van der Waals surface area contributed by atoms with Gasteiger partial charge < -0.3 is 9.52 Å². The molecule has 0 saturated heterocycles. The molecule has 0 aliphatic carbocycles. The number of aliphatic carboxylic acids is 1. The predicted octanol–water partition coefficient (Wildman–Crippen LogP) is 2.08. The van der Waals surface area contributed by atoms with Crippen molar-refractivity contribution in [3.63, 3.8) is 0 Å². The number of carboxylic acid groups (broad SMARTS) is 1. The van der Waals surface area contributed by atoms with E-state index in [1.807, 2.05) is 17.7 Å². The van der Waals surface area contributed by atoms with E-state index >= 15 is 0 Å². The Morgan fingerprint density at radius 2 is 2.25 bits per heavy atom. The van der Waals surface area contributed by atoms with Gasteiger partial charge in [0.05, 0.1) is 6.42 Å². The first-order valence-electron chi connectivity index (χ1n) is 6.39. The van der Waals surface area contributed by atoms with Crippen LogP contribution in [0.25, 0.3) is 11.6 Å². The Bertz CT molecular complexity index is 572. The molecule has 0 saturated carbocycles. The molecule has 0 fully saturated rings. The lowest BCUT2D eigenvalue weighted by Crippen LogP contribution is -2.00. The maximum atomic E-state index is 10.4. The van der Waals surface area contributed by atoms with Crippen molar-refractivity contribution in [2.45, 2.75) is 38.5 Å². The minimum atomic E-state index is -0.841. The van der Waals surface area contributed by atoms with Crippen LogP contribution in [-0.4, -0.2) is 36.8 Å². The topological polar surface area (TPSA) is 94.0 Å². The first-order valence-corrected chi connectivity index (χ1v) is 7.37. The monoisotopic (exact) mass is 296 g/mol. The van der Waals surface area contributed by atoms with Crippen molar-refractivity contribution in [2.24, 2.45) is 0 Å². The molecule has 0 aliphatic heterocycles. The van der Waals surface area contributed by atoms with Crippen LogP contribution < -0.4 is 0 Å².